The van der Waals surface area contributed by atoms with Crippen LogP contribution >= 0.6 is 0 Å². The van der Waals surface area contributed by atoms with Gasteiger partial charge in [-0.1, -0.05) is 20.8 Å². The van der Waals surface area contributed by atoms with E-state index < -0.39 is 0 Å². The van der Waals surface area contributed by atoms with Crippen LogP contribution in [0.1, 0.15) is 56.7 Å². The number of hydrogen-bond donors (Lipinski definition) is 1. The SMILES string of the molecule is CCCNC1CC(C)(C)Cc2oc(C)cc21. The predicted octanol–water partition coefficient (Wildman–Crippen LogP) is 3.60. The highest BCUT2D eigenvalue weighted by Crippen LogP contribution is 2.41. The average Bonchev–Trinajstić information content (AvgIpc) is 2.53. The fraction of sp³-hybridized carbons (Fsp3) is 0.714. The quantitative estimate of drug-likeness (QED) is 0.843. The molecule has 1 atom stereocenters. The standard InChI is InChI=1S/C14H23NO/c1-5-6-15-12-8-14(3,4)9-13-11(12)7-10(2)16-13/h7,12,15H,5-6,8-9H2,1-4H3. The number of fused-ring (bicyclic) bond motifs is 1. The molecule has 0 spiro atoms. The van der Waals surface area contributed by atoms with Crippen molar-refractivity contribution in [3.05, 3.63) is 23.2 Å². The van der Waals surface area contributed by atoms with E-state index in [0.717, 1.165) is 18.7 Å². The maximum atomic E-state index is 5.81. The lowest BCUT2D eigenvalue weighted by Gasteiger charge is -2.34. The van der Waals surface area contributed by atoms with Gasteiger partial charge in [-0.2, -0.15) is 0 Å². The van der Waals surface area contributed by atoms with E-state index in [1.165, 1.54) is 24.2 Å². The molecule has 1 aromatic rings. The zero-order valence-electron chi connectivity index (χ0n) is 10.9. The number of nitrogens with one attached hydrogen (secondary N) is 1. The molecule has 1 aromatic heterocycles. The largest absolute Gasteiger partial charge is 0.466 e. The second-order valence-electron chi connectivity index (χ2n) is 5.79. The number of furan rings is 1. The van der Waals surface area contributed by atoms with Gasteiger partial charge in [0.25, 0.3) is 0 Å². The van der Waals surface area contributed by atoms with Crippen molar-refractivity contribution >= 4 is 0 Å². The lowest BCUT2D eigenvalue weighted by atomic mass is 9.74. The predicted molar refractivity (Wildman–Crippen MR) is 66.6 cm³/mol. The van der Waals surface area contributed by atoms with Crippen LogP contribution in [0.15, 0.2) is 10.5 Å². The van der Waals surface area contributed by atoms with Gasteiger partial charge in [-0.3, -0.25) is 0 Å². The molecule has 16 heavy (non-hydrogen) atoms. The molecular weight excluding hydrogens is 198 g/mol. The summed E-state index contributed by atoms with van der Waals surface area (Å²) in [5, 5.41) is 3.64. The molecule has 2 nitrogen and oxygen atoms in total. The van der Waals surface area contributed by atoms with Crippen LogP contribution in [-0.4, -0.2) is 6.54 Å². The third-order valence-electron chi connectivity index (χ3n) is 3.38. The molecule has 2 heteroatoms. The lowest BCUT2D eigenvalue weighted by Crippen LogP contribution is -2.33. The molecule has 0 aromatic carbocycles. The Morgan fingerprint density at radius 1 is 1.50 bits per heavy atom. The summed E-state index contributed by atoms with van der Waals surface area (Å²) >= 11 is 0. The molecule has 0 radical (unpaired) electrons. The normalized spacial score (nSPS) is 23.1. The Labute approximate surface area is 98.4 Å². The van der Waals surface area contributed by atoms with Crippen LogP contribution in [0.3, 0.4) is 0 Å². The van der Waals surface area contributed by atoms with Gasteiger partial charge in [-0.25, -0.2) is 0 Å². The average molecular weight is 221 g/mol. The van der Waals surface area contributed by atoms with Crippen LogP contribution in [0, 0.1) is 12.3 Å². The Kier molecular flexibility index (Phi) is 3.11. The first-order valence-corrected chi connectivity index (χ1v) is 6.34. The maximum absolute atomic E-state index is 5.81. The van der Waals surface area contributed by atoms with Crippen LogP contribution in [0.4, 0.5) is 0 Å². The Morgan fingerprint density at radius 2 is 2.25 bits per heavy atom. The Hall–Kier alpha value is -0.760. The molecule has 1 heterocycles. The van der Waals surface area contributed by atoms with Gasteiger partial charge in [0.05, 0.1) is 0 Å². The summed E-state index contributed by atoms with van der Waals surface area (Å²) in [5.41, 5.74) is 1.74. The van der Waals surface area contributed by atoms with Crippen molar-refractivity contribution in [2.24, 2.45) is 5.41 Å². The van der Waals surface area contributed by atoms with E-state index in [0.29, 0.717) is 11.5 Å². The van der Waals surface area contributed by atoms with Crippen molar-refractivity contribution in [2.45, 2.75) is 53.0 Å². The highest BCUT2D eigenvalue weighted by molar-refractivity contribution is 5.29. The third-order valence-corrected chi connectivity index (χ3v) is 3.38. The maximum Gasteiger partial charge on any atom is 0.109 e. The van der Waals surface area contributed by atoms with Gasteiger partial charge < -0.3 is 9.73 Å². The summed E-state index contributed by atoms with van der Waals surface area (Å²) in [6.45, 7) is 10.00. The van der Waals surface area contributed by atoms with Crippen molar-refractivity contribution in [2.75, 3.05) is 6.54 Å². The Morgan fingerprint density at radius 3 is 2.94 bits per heavy atom. The molecule has 0 bridgehead atoms. The molecular formula is C14H23NO. The van der Waals surface area contributed by atoms with Crippen LogP contribution in [0.25, 0.3) is 0 Å². The summed E-state index contributed by atoms with van der Waals surface area (Å²) in [6.07, 6.45) is 3.46. The van der Waals surface area contributed by atoms with Gasteiger partial charge in [0.2, 0.25) is 0 Å². The number of hydrogen-bond acceptors (Lipinski definition) is 2. The second kappa shape index (κ2) is 4.25. The molecule has 0 saturated heterocycles. The van der Waals surface area contributed by atoms with E-state index in [9.17, 15) is 0 Å². The molecule has 0 aliphatic heterocycles. The minimum absolute atomic E-state index is 0.350. The zero-order chi connectivity index (χ0) is 11.8. The molecule has 90 valence electrons. The third kappa shape index (κ3) is 2.32. The number of aryl methyl sites for hydroxylation is 1. The van der Waals surface area contributed by atoms with Crippen LogP contribution in [-0.2, 0) is 6.42 Å². The first-order valence-electron chi connectivity index (χ1n) is 6.34. The van der Waals surface area contributed by atoms with E-state index in [1.54, 1.807) is 0 Å². The monoisotopic (exact) mass is 221 g/mol. The van der Waals surface area contributed by atoms with Crippen LogP contribution in [0.2, 0.25) is 0 Å². The Balaban J connectivity index is 2.24. The fourth-order valence-corrected chi connectivity index (χ4v) is 2.69. The van der Waals surface area contributed by atoms with Gasteiger partial charge in [-0.05, 0) is 37.8 Å². The minimum atomic E-state index is 0.350. The second-order valence-corrected chi connectivity index (χ2v) is 5.79. The minimum Gasteiger partial charge on any atom is -0.466 e. The highest BCUT2D eigenvalue weighted by atomic mass is 16.3. The van der Waals surface area contributed by atoms with E-state index >= 15 is 0 Å². The Bertz CT molecular complexity index is 365. The van der Waals surface area contributed by atoms with Crippen LogP contribution < -0.4 is 5.32 Å². The van der Waals surface area contributed by atoms with Crippen molar-refractivity contribution in [3.63, 3.8) is 0 Å². The van der Waals surface area contributed by atoms with E-state index in [1.807, 2.05) is 6.92 Å². The summed E-state index contributed by atoms with van der Waals surface area (Å²) in [5.74, 6) is 2.24. The number of rotatable bonds is 3. The molecule has 2 rings (SSSR count). The van der Waals surface area contributed by atoms with E-state index in [4.69, 9.17) is 4.42 Å². The molecule has 1 unspecified atom stereocenters. The molecule has 0 saturated carbocycles. The fourth-order valence-electron chi connectivity index (χ4n) is 2.69. The van der Waals surface area contributed by atoms with Gasteiger partial charge in [0, 0.05) is 18.0 Å². The first-order chi connectivity index (χ1) is 7.52. The van der Waals surface area contributed by atoms with Gasteiger partial charge in [0.15, 0.2) is 0 Å². The molecule has 0 fully saturated rings. The van der Waals surface area contributed by atoms with E-state index in [-0.39, 0.29) is 0 Å². The van der Waals surface area contributed by atoms with Crippen LogP contribution in [0.5, 0.6) is 0 Å². The smallest absolute Gasteiger partial charge is 0.109 e. The van der Waals surface area contributed by atoms with E-state index in [2.05, 4.69) is 32.2 Å². The molecule has 0 amide bonds. The topological polar surface area (TPSA) is 25.2 Å². The summed E-state index contributed by atoms with van der Waals surface area (Å²) < 4.78 is 5.81. The lowest BCUT2D eigenvalue weighted by molar-refractivity contribution is 0.234. The molecule has 1 aliphatic carbocycles. The summed E-state index contributed by atoms with van der Waals surface area (Å²) in [6, 6.07) is 2.69. The van der Waals surface area contributed by atoms with Crippen molar-refractivity contribution in [1.29, 1.82) is 0 Å². The molecule has 1 N–H and O–H groups in total. The first kappa shape index (κ1) is 11.7. The zero-order valence-corrected chi connectivity index (χ0v) is 10.9. The van der Waals surface area contributed by atoms with Gasteiger partial charge in [0.1, 0.15) is 11.5 Å². The van der Waals surface area contributed by atoms with Gasteiger partial charge in [-0.15, -0.1) is 0 Å². The van der Waals surface area contributed by atoms with Crippen molar-refractivity contribution in [3.8, 4) is 0 Å². The van der Waals surface area contributed by atoms with Crippen molar-refractivity contribution in [1.82, 2.24) is 5.32 Å². The molecule has 1 aliphatic rings. The summed E-state index contributed by atoms with van der Waals surface area (Å²) in [4.78, 5) is 0. The highest BCUT2D eigenvalue weighted by Gasteiger charge is 2.34. The van der Waals surface area contributed by atoms with Crippen molar-refractivity contribution < 1.29 is 4.42 Å². The van der Waals surface area contributed by atoms with Gasteiger partial charge >= 0.3 is 0 Å². The summed E-state index contributed by atoms with van der Waals surface area (Å²) in [7, 11) is 0.